The van der Waals surface area contributed by atoms with Crippen LogP contribution in [0.3, 0.4) is 0 Å². The highest BCUT2D eigenvalue weighted by atomic mass is 79.9. The summed E-state index contributed by atoms with van der Waals surface area (Å²) in [6.45, 7) is 5.19. The number of nitrogens with one attached hydrogen (secondary N) is 1. The van der Waals surface area contributed by atoms with Crippen molar-refractivity contribution in [2.45, 2.75) is 32.7 Å². The van der Waals surface area contributed by atoms with E-state index in [2.05, 4.69) is 21.2 Å². The van der Waals surface area contributed by atoms with Crippen molar-refractivity contribution in [1.29, 1.82) is 0 Å². The smallest absolute Gasteiger partial charge is 0.254 e. The van der Waals surface area contributed by atoms with Crippen molar-refractivity contribution in [2.24, 2.45) is 0 Å². The number of halogens is 3. The molecule has 0 atom stereocenters. The molecule has 0 aromatic heterocycles. The standard InChI is InChI=1S/C13H16BrF2NO/c1-8-6-9(11(16)7-10(8)15)12(18)17-13(2,3)4-5-14/h6-7H,4-5H2,1-3H3,(H,17,18). The predicted molar refractivity (Wildman–Crippen MR) is 71.1 cm³/mol. The Morgan fingerprint density at radius 2 is 1.94 bits per heavy atom. The summed E-state index contributed by atoms with van der Waals surface area (Å²) in [6, 6.07) is 1.96. The average Bonchev–Trinajstić information content (AvgIpc) is 2.22. The highest BCUT2D eigenvalue weighted by Gasteiger charge is 2.22. The van der Waals surface area contributed by atoms with Crippen LogP contribution in [-0.2, 0) is 0 Å². The van der Waals surface area contributed by atoms with E-state index in [-0.39, 0.29) is 11.1 Å². The molecular formula is C13H16BrF2NO. The van der Waals surface area contributed by atoms with Crippen LogP contribution in [0.2, 0.25) is 0 Å². The molecule has 1 amide bonds. The van der Waals surface area contributed by atoms with Gasteiger partial charge in [-0.2, -0.15) is 0 Å². The number of carbonyl (C=O) groups excluding carboxylic acids is 1. The van der Waals surface area contributed by atoms with Crippen LogP contribution in [0.1, 0.15) is 36.2 Å². The number of alkyl halides is 1. The number of amides is 1. The molecule has 0 bridgehead atoms. The molecule has 2 nitrogen and oxygen atoms in total. The summed E-state index contributed by atoms with van der Waals surface area (Å²) in [5, 5.41) is 3.46. The van der Waals surface area contributed by atoms with Gasteiger partial charge in [-0.05, 0) is 38.8 Å². The zero-order chi connectivity index (χ0) is 13.9. The van der Waals surface area contributed by atoms with Gasteiger partial charge in [-0.15, -0.1) is 0 Å². The maximum atomic E-state index is 13.5. The molecule has 0 aliphatic rings. The van der Waals surface area contributed by atoms with E-state index in [1.165, 1.54) is 13.0 Å². The Morgan fingerprint density at radius 3 is 2.50 bits per heavy atom. The van der Waals surface area contributed by atoms with Crippen molar-refractivity contribution >= 4 is 21.8 Å². The van der Waals surface area contributed by atoms with Crippen molar-refractivity contribution < 1.29 is 13.6 Å². The first-order chi connectivity index (χ1) is 8.26. The summed E-state index contributed by atoms with van der Waals surface area (Å²) in [4.78, 5) is 11.9. The van der Waals surface area contributed by atoms with Crippen LogP contribution >= 0.6 is 15.9 Å². The highest BCUT2D eigenvalue weighted by Crippen LogP contribution is 2.16. The molecule has 0 aliphatic heterocycles. The Labute approximate surface area is 114 Å². The van der Waals surface area contributed by atoms with Crippen LogP contribution in [0.5, 0.6) is 0 Å². The number of rotatable bonds is 4. The van der Waals surface area contributed by atoms with Crippen molar-refractivity contribution in [1.82, 2.24) is 5.32 Å². The average molecular weight is 320 g/mol. The van der Waals surface area contributed by atoms with E-state index in [9.17, 15) is 13.6 Å². The third-order valence-corrected chi connectivity index (χ3v) is 3.06. The minimum absolute atomic E-state index is 0.128. The summed E-state index contributed by atoms with van der Waals surface area (Å²) in [6.07, 6.45) is 0.709. The fourth-order valence-electron chi connectivity index (χ4n) is 1.50. The number of hydrogen-bond donors (Lipinski definition) is 1. The minimum atomic E-state index is -0.842. The lowest BCUT2D eigenvalue weighted by atomic mass is 10.0. The van der Waals surface area contributed by atoms with Gasteiger partial charge in [0, 0.05) is 16.9 Å². The van der Waals surface area contributed by atoms with E-state index in [4.69, 9.17) is 0 Å². The van der Waals surface area contributed by atoms with Gasteiger partial charge in [0.15, 0.2) is 0 Å². The van der Waals surface area contributed by atoms with Crippen molar-refractivity contribution in [3.8, 4) is 0 Å². The summed E-state index contributed by atoms with van der Waals surface area (Å²) >= 11 is 3.29. The lowest BCUT2D eigenvalue weighted by Gasteiger charge is -2.25. The summed E-state index contributed by atoms with van der Waals surface area (Å²) < 4.78 is 26.6. The third kappa shape index (κ3) is 3.77. The van der Waals surface area contributed by atoms with E-state index < -0.39 is 23.1 Å². The van der Waals surface area contributed by atoms with Gasteiger partial charge in [0.05, 0.1) is 5.56 Å². The van der Waals surface area contributed by atoms with Gasteiger partial charge in [-0.25, -0.2) is 8.78 Å². The maximum Gasteiger partial charge on any atom is 0.254 e. The van der Waals surface area contributed by atoms with Crippen LogP contribution in [0.4, 0.5) is 8.78 Å². The lowest BCUT2D eigenvalue weighted by molar-refractivity contribution is 0.0907. The Morgan fingerprint density at radius 1 is 1.33 bits per heavy atom. The van der Waals surface area contributed by atoms with Crippen molar-refractivity contribution in [3.05, 3.63) is 34.9 Å². The highest BCUT2D eigenvalue weighted by molar-refractivity contribution is 9.09. The normalized spacial score (nSPS) is 11.4. The van der Waals surface area contributed by atoms with Gasteiger partial charge in [-0.1, -0.05) is 15.9 Å². The SMILES string of the molecule is Cc1cc(C(=O)NC(C)(C)CCBr)c(F)cc1F. The molecule has 0 spiro atoms. The molecule has 0 saturated heterocycles. The van der Waals surface area contributed by atoms with Gasteiger partial charge in [0.2, 0.25) is 0 Å². The molecule has 0 heterocycles. The van der Waals surface area contributed by atoms with Crippen molar-refractivity contribution in [2.75, 3.05) is 5.33 Å². The van der Waals surface area contributed by atoms with Crippen molar-refractivity contribution in [3.63, 3.8) is 0 Å². The molecule has 1 rings (SSSR count). The largest absolute Gasteiger partial charge is 0.347 e. The first-order valence-corrected chi connectivity index (χ1v) is 6.73. The Kier molecular flexibility index (Phi) is 4.85. The fourth-order valence-corrected chi connectivity index (χ4v) is 2.50. The molecule has 0 aliphatic carbocycles. The number of benzene rings is 1. The monoisotopic (exact) mass is 319 g/mol. The summed E-state index contributed by atoms with van der Waals surface area (Å²) in [5.74, 6) is -2.02. The maximum absolute atomic E-state index is 13.5. The van der Waals surface area contributed by atoms with Gasteiger partial charge >= 0.3 is 0 Å². The van der Waals surface area contributed by atoms with E-state index in [1.807, 2.05) is 13.8 Å². The first kappa shape index (κ1) is 15.1. The lowest BCUT2D eigenvalue weighted by Crippen LogP contribution is -2.44. The van der Waals surface area contributed by atoms with Crippen LogP contribution in [0, 0.1) is 18.6 Å². The van der Waals surface area contributed by atoms with E-state index >= 15 is 0 Å². The third-order valence-electron chi connectivity index (χ3n) is 2.66. The molecule has 0 unspecified atom stereocenters. The minimum Gasteiger partial charge on any atom is -0.347 e. The molecule has 1 aromatic carbocycles. The molecule has 1 N–H and O–H groups in total. The molecule has 0 fully saturated rings. The fraction of sp³-hybridized carbons (Fsp3) is 0.462. The Hall–Kier alpha value is -0.970. The summed E-state index contributed by atoms with van der Waals surface area (Å²) in [7, 11) is 0. The molecule has 5 heteroatoms. The van der Waals surface area contributed by atoms with Crippen LogP contribution < -0.4 is 5.32 Å². The summed E-state index contributed by atoms with van der Waals surface area (Å²) in [5.41, 5.74) is -0.327. The first-order valence-electron chi connectivity index (χ1n) is 5.61. The van der Waals surface area contributed by atoms with Gasteiger partial charge < -0.3 is 5.32 Å². The zero-order valence-corrected chi connectivity index (χ0v) is 12.2. The molecule has 100 valence electrons. The van der Waals surface area contributed by atoms with E-state index in [0.717, 1.165) is 11.4 Å². The quantitative estimate of drug-likeness (QED) is 0.845. The van der Waals surface area contributed by atoms with Crippen LogP contribution in [0.25, 0.3) is 0 Å². The topological polar surface area (TPSA) is 29.1 Å². The second-order valence-corrected chi connectivity index (χ2v) is 5.65. The van der Waals surface area contributed by atoms with Crippen LogP contribution in [-0.4, -0.2) is 16.8 Å². The number of carbonyl (C=O) groups is 1. The predicted octanol–water partition coefficient (Wildman–Crippen LogP) is 3.57. The van der Waals surface area contributed by atoms with E-state index in [1.54, 1.807) is 0 Å². The van der Waals surface area contributed by atoms with Gasteiger partial charge in [0.1, 0.15) is 11.6 Å². The number of hydrogen-bond acceptors (Lipinski definition) is 1. The van der Waals surface area contributed by atoms with Crippen LogP contribution in [0.15, 0.2) is 12.1 Å². The Bertz CT molecular complexity index is 461. The molecule has 1 aromatic rings. The molecule has 0 saturated carbocycles. The molecule has 18 heavy (non-hydrogen) atoms. The molecule has 0 radical (unpaired) electrons. The van der Waals surface area contributed by atoms with Gasteiger partial charge in [-0.3, -0.25) is 4.79 Å². The second-order valence-electron chi connectivity index (χ2n) is 4.86. The number of aryl methyl sites for hydroxylation is 1. The Balaban J connectivity index is 2.95. The second kappa shape index (κ2) is 5.78. The van der Waals surface area contributed by atoms with E-state index in [0.29, 0.717) is 6.42 Å². The van der Waals surface area contributed by atoms with Gasteiger partial charge in [0.25, 0.3) is 5.91 Å². The zero-order valence-electron chi connectivity index (χ0n) is 10.6. The molecular weight excluding hydrogens is 304 g/mol.